The number of carboxylic acids is 1. The zero-order chi connectivity index (χ0) is 29.5. The highest BCUT2D eigenvalue weighted by atomic mass is 19.1. The molecule has 43 heavy (non-hydrogen) atoms. The summed E-state index contributed by atoms with van der Waals surface area (Å²) in [5, 5.41) is 16.9. The molecule has 11 heteroatoms. The first-order chi connectivity index (χ1) is 20.9. The number of carboxylic acid groups (broad SMARTS) is 1. The summed E-state index contributed by atoms with van der Waals surface area (Å²) in [5.74, 6) is 0.367. The SMILES string of the molecule is C[C@H]1CC(c2cccc(OCc3ccc4cn[nH]c4c3F)n2)CCN1Cc1nc2ccc(C(=O)O)cc2n1C[C@@H]1CCO1. The molecule has 0 bridgehead atoms. The number of ether oxygens (including phenoxy) is 2. The van der Waals surface area contributed by atoms with E-state index in [1.807, 2.05) is 18.2 Å². The Kier molecular flexibility index (Phi) is 7.28. The second-order valence-electron chi connectivity index (χ2n) is 11.5. The van der Waals surface area contributed by atoms with Gasteiger partial charge in [0.2, 0.25) is 5.88 Å². The summed E-state index contributed by atoms with van der Waals surface area (Å²) in [7, 11) is 0. The summed E-state index contributed by atoms with van der Waals surface area (Å²) in [6, 6.07) is 14.7. The molecule has 1 unspecified atom stereocenters. The number of pyridine rings is 1. The lowest BCUT2D eigenvalue weighted by molar-refractivity contribution is -0.0592. The Labute approximate surface area is 247 Å². The maximum atomic E-state index is 14.8. The minimum Gasteiger partial charge on any atom is -0.478 e. The number of H-pyrrole nitrogens is 1. The van der Waals surface area contributed by atoms with Crippen molar-refractivity contribution < 1.29 is 23.8 Å². The lowest BCUT2D eigenvalue weighted by Gasteiger charge is -2.37. The van der Waals surface area contributed by atoms with E-state index in [0.717, 1.165) is 60.4 Å². The van der Waals surface area contributed by atoms with Gasteiger partial charge in [-0.05, 0) is 57.0 Å². The van der Waals surface area contributed by atoms with Crippen LogP contribution >= 0.6 is 0 Å². The zero-order valence-corrected chi connectivity index (χ0v) is 23.9. The van der Waals surface area contributed by atoms with Crippen LogP contribution in [0.2, 0.25) is 0 Å². The number of rotatable bonds is 9. The van der Waals surface area contributed by atoms with Crippen LogP contribution in [0.4, 0.5) is 4.39 Å². The van der Waals surface area contributed by atoms with Gasteiger partial charge in [-0.2, -0.15) is 5.10 Å². The number of aromatic amines is 1. The van der Waals surface area contributed by atoms with Gasteiger partial charge in [0.15, 0.2) is 5.82 Å². The van der Waals surface area contributed by atoms with Gasteiger partial charge < -0.3 is 19.1 Å². The first-order valence-electron chi connectivity index (χ1n) is 14.7. The molecule has 2 fully saturated rings. The van der Waals surface area contributed by atoms with Gasteiger partial charge in [0.05, 0.1) is 42.0 Å². The quantitative estimate of drug-likeness (QED) is 0.240. The Bertz CT molecular complexity index is 1800. The van der Waals surface area contributed by atoms with Gasteiger partial charge in [-0.25, -0.2) is 19.2 Å². The molecule has 7 rings (SSSR count). The average Bonchev–Trinajstić information content (AvgIpc) is 3.60. The number of hydrogen-bond acceptors (Lipinski definition) is 7. The van der Waals surface area contributed by atoms with E-state index in [4.69, 9.17) is 19.4 Å². The van der Waals surface area contributed by atoms with Crippen LogP contribution in [-0.2, 0) is 24.4 Å². The summed E-state index contributed by atoms with van der Waals surface area (Å²) in [6.45, 7) is 5.27. The third-order valence-electron chi connectivity index (χ3n) is 8.79. The number of imidazole rings is 1. The molecule has 0 radical (unpaired) electrons. The summed E-state index contributed by atoms with van der Waals surface area (Å²) < 4.78 is 28.6. The van der Waals surface area contributed by atoms with Gasteiger partial charge >= 0.3 is 5.97 Å². The van der Waals surface area contributed by atoms with Gasteiger partial charge in [0.25, 0.3) is 0 Å². The fourth-order valence-corrected chi connectivity index (χ4v) is 6.19. The number of hydrogen-bond donors (Lipinski definition) is 2. The third kappa shape index (κ3) is 5.46. The van der Waals surface area contributed by atoms with E-state index in [1.165, 1.54) is 0 Å². The first kappa shape index (κ1) is 27.5. The van der Waals surface area contributed by atoms with E-state index >= 15 is 0 Å². The number of aromatic nitrogens is 5. The Balaban J connectivity index is 1.03. The zero-order valence-electron chi connectivity index (χ0n) is 23.9. The van der Waals surface area contributed by atoms with E-state index in [-0.39, 0.29) is 36.1 Å². The van der Waals surface area contributed by atoms with E-state index in [1.54, 1.807) is 36.5 Å². The van der Waals surface area contributed by atoms with Crippen LogP contribution in [0.5, 0.6) is 5.88 Å². The van der Waals surface area contributed by atoms with Gasteiger partial charge in [-0.1, -0.05) is 18.2 Å². The molecule has 3 atom stereocenters. The normalized spacial score (nSPS) is 20.8. The standard InChI is InChI=1S/C32H33FN6O4/c1-19-13-20(25-3-2-4-29(36-25)43-18-23-6-5-22-15-34-37-31(22)30(23)33)9-11-38(19)17-28-35-26-8-7-21(32(40)41)14-27(26)39(28)16-24-10-12-42-24/h2-8,14-15,19-20,24H,9-13,16-18H2,1H3,(H,34,37)(H,40,41)/t19-,20?,24-/m0/s1. The largest absolute Gasteiger partial charge is 0.478 e. The van der Waals surface area contributed by atoms with E-state index < -0.39 is 5.97 Å². The van der Waals surface area contributed by atoms with Crippen LogP contribution < -0.4 is 4.74 Å². The first-order valence-corrected chi connectivity index (χ1v) is 14.7. The summed E-state index contributed by atoms with van der Waals surface area (Å²) in [6.07, 6.45) is 4.57. The number of likely N-dealkylation sites (tertiary alicyclic amines) is 1. The minimum atomic E-state index is -0.947. The number of piperidine rings is 1. The fraction of sp³-hybridized carbons (Fsp3) is 0.375. The Morgan fingerprint density at radius 3 is 2.86 bits per heavy atom. The third-order valence-corrected chi connectivity index (χ3v) is 8.79. The molecule has 0 spiro atoms. The molecule has 3 aromatic heterocycles. The fourth-order valence-electron chi connectivity index (χ4n) is 6.19. The molecule has 10 nitrogen and oxygen atoms in total. The average molecular weight is 585 g/mol. The van der Waals surface area contributed by atoms with Crippen LogP contribution in [0, 0.1) is 5.82 Å². The van der Waals surface area contributed by atoms with Gasteiger partial charge in [-0.3, -0.25) is 10.00 Å². The van der Waals surface area contributed by atoms with Crippen LogP contribution in [0.1, 0.15) is 59.5 Å². The molecule has 2 saturated heterocycles. The molecule has 2 aliphatic rings. The Hall–Kier alpha value is -4.35. The lowest BCUT2D eigenvalue weighted by Crippen LogP contribution is -2.40. The lowest BCUT2D eigenvalue weighted by atomic mass is 9.88. The summed E-state index contributed by atoms with van der Waals surface area (Å²) in [4.78, 5) is 23.8. The van der Waals surface area contributed by atoms with Crippen molar-refractivity contribution in [2.45, 2.75) is 63.9 Å². The van der Waals surface area contributed by atoms with Gasteiger partial charge in [0, 0.05) is 41.3 Å². The Morgan fingerprint density at radius 2 is 2.07 bits per heavy atom. The molecule has 0 saturated carbocycles. The van der Waals surface area contributed by atoms with Crippen molar-refractivity contribution in [3.63, 3.8) is 0 Å². The minimum absolute atomic E-state index is 0.0763. The molecule has 2 N–H and O–H groups in total. The van der Waals surface area contributed by atoms with Crippen molar-refractivity contribution in [3.8, 4) is 5.88 Å². The Morgan fingerprint density at radius 1 is 1.19 bits per heavy atom. The number of fused-ring (bicyclic) bond motifs is 2. The number of carbonyl (C=O) groups is 1. The molecule has 2 aliphatic heterocycles. The van der Waals surface area contributed by atoms with Crippen molar-refractivity contribution in [3.05, 3.63) is 83.2 Å². The second kappa shape index (κ2) is 11.4. The monoisotopic (exact) mass is 584 g/mol. The highest BCUT2D eigenvalue weighted by molar-refractivity contribution is 5.92. The van der Waals surface area contributed by atoms with Crippen molar-refractivity contribution in [2.75, 3.05) is 13.2 Å². The number of aromatic carboxylic acids is 1. The van der Waals surface area contributed by atoms with E-state index in [9.17, 15) is 14.3 Å². The van der Waals surface area contributed by atoms with E-state index in [0.29, 0.717) is 30.0 Å². The van der Waals surface area contributed by atoms with Crippen molar-refractivity contribution in [1.29, 1.82) is 0 Å². The second-order valence-corrected chi connectivity index (χ2v) is 11.5. The molecular formula is C32H33FN6O4. The van der Waals surface area contributed by atoms with E-state index in [2.05, 4.69) is 26.6 Å². The van der Waals surface area contributed by atoms with Crippen LogP contribution in [0.3, 0.4) is 0 Å². The number of halogens is 1. The number of nitrogens with one attached hydrogen (secondary N) is 1. The van der Waals surface area contributed by atoms with Gasteiger partial charge in [-0.15, -0.1) is 0 Å². The number of benzene rings is 2. The van der Waals surface area contributed by atoms with Crippen molar-refractivity contribution in [2.24, 2.45) is 0 Å². The maximum Gasteiger partial charge on any atom is 0.335 e. The summed E-state index contributed by atoms with van der Waals surface area (Å²) >= 11 is 0. The molecule has 5 heterocycles. The molecule has 222 valence electrons. The highest BCUT2D eigenvalue weighted by Crippen LogP contribution is 2.33. The summed E-state index contributed by atoms with van der Waals surface area (Å²) in [5.41, 5.74) is 3.68. The topological polar surface area (TPSA) is 118 Å². The van der Waals surface area contributed by atoms with Crippen molar-refractivity contribution >= 4 is 27.9 Å². The molecule has 0 amide bonds. The molecule has 0 aliphatic carbocycles. The predicted molar refractivity (Wildman–Crippen MR) is 158 cm³/mol. The number of nitrogens with zero attached hydrogens (tertiary/aromatic N) is 5. The maximum absolute atomic E-state index is 14.8. The molecule has 2 aromatic carbocycles. The molecule has 5 aromatic rings. The van der Waals surface area contributed by atoms with Crippen LogP contribution in [0.15, 0.2) is 54.7 Å². The van der Waals surface area contributed by atoms with Crippen molar-refractivity contribution in [1.82, 2.24) is 29.6 Å². The predicted octanol–water partition coefficient (Wildman–Crippen LogP) is 5.28. The van der Waals surface area contributed by atoms with Crippen LogP contribution in [0.25, 0.3) is 21.9 Å². The molecular weight excluding hydrogens is 551 g/mol. The van der Waals surface area contributed by atoms with Gasteiger partial charge in [0.1, 0.15) is 17.9 Å². The highest BCUT2D eigenvalue weighted by Gasteiger charge is 2.30. The smallest absolute Gasteiger partial charge is 0.335 e. The van der Waals surface area contributed by atoms with Crippen LogP contribution in [-0.4, -0.2) is 66.0 Å².